The highest BCUT2D eigenvalue weighted by Gasteiger charge is 2.24. The third-order valence-corrected chi connectivity index (χ3v) is 10.3. The standard InChI is InChI=1S/C47H29N3O2/c1-2-11-29(12-3-1)45-48-46(34-21-20-28-10-4-5-13-30(28)24-34)50-47(49-45)37-17-9-19-40-44(37)36-23-22-33(27-41(36)51-40)35-16-8-18-39-43(35)38-25-31-14-6-7-15-32(31)26-42(38)52-39/h1-27,47H,(H,48,49,50). The molecule has 5 heteroatoms. The Morgan fingerprint density at radius 2 is 1.04 bits per heavy atom. The zero-order valence-corrected chi connectivity index (χ0v) is 27.9. The molecule has 52 heavy (non-hydrogen) atoms. The van der Waals surface area contributed by atoms with E-state index in [-0.39, 0.29) is 0 Å². The largest absolute Gasteiger partial charge is 0.456 e. The van der Waals surface area contributed by atoms with Crippen LogP contribution in [0.5, 0.6) is 0 Å². The maximum atomic E-state index is 6.62. The van der Waals surface area contributed by atoms with Crippen LogP contribution in [0.1, 0.15) is 22.9 Å². The van der Waals surface area contributed by atoms with Gasteiger partial charge in [0.1, 0.15) is 34.0 Å². The van der Waals surface area contributed by atoms with E-state index < -0.39 is 6.17 Å². The summed E-state index contributed by atoms with van der Waals surface area (Å²) in [5.41, 5.74) is 8.55. The van der Waals surface area contributed by atoms with Crippen molar-refractivity contribution in [2.24, 2.45) is 9.98 Å². The van der Waals surface area contributed by atoms with E-state index in [1.807, 2.05) is 36.4 Å². The Morgan fingerprint density at radius 1 is 0.404 bits per heavy atom. The third-order valence-electron chi connectivity index (χ3n) is 10.3. The van der Waals surface area contributed by atoms with Gasteiger partial charge >= 0.3 is 0 Å². The SMILES string of the molecule is c1ccc(C2=NC(c3cccc4oc5cc(-c6cccc7oc8cc9ccccc9cc8c67)ccc5c34)N=C(c3ccc4ccccc4c3)N2)cc1. The Labute approximate surface area is 298 Å². The first kappa shape index (κ1) is 28.8. The van der Waals surface area contributed by atoms with Crippen molar-refractivity contribution in [2.75, 3.05) is 0 Å². The molecule has 0 saturated heterocycles. The molecule has 0 saturated carbocycles. The third kappa shape index (κ3) is 4.56. The van der Waals surface area contributed by atoms with Crippen LogP contribution in [0.25, 0.3) is 76.5 Å². The Balaban J connectivity index is 1.07. The van der Waals surface area contributed by atoms with Gasteiger partial charge in [0.25, 0.3) is 0 Å². The lowest BCUT2D eigenvalue weighted by molar-refractivity contribution is 0.667. The van der Waals surface area contributed by atoms with Crippen molar-refractivity contribution in [3.8, 4) is 11.1 Å². The fourth-order valence-electron chi connectivity index (χ4n) is 7.80. The zero-order chi connectivity index (χ0) is 34.2. The van der Waals surface area contributed by atoms with Crippen LogP contribution in [-0.2, 0) is 0 Å². The number of amidine groups is 2. The van der Waals surface area contributed by atoms with Gasteiger partial charge in [-0.1, -0.05) is 121 Å². The maximum absolute atomic E-state index is 6.62. The summed E-state index contributed by atoms with van der Waals surface area (Å²) in [4.78, 5) is 10.5. The highest BCUT2D eigenvalue weighted by atomic mass is 16.3. The summed E-state index contributed by atoms with van der Waals surface area (Å²) in [7, 11) is 0. The van der Waals surface area contributed by atoms with Gasteiger partial charge in [-0.2, -0.15) is 0 Å². The number of hydrogen-bond donors (Lipinski definition) is 1. The molecule has 0 bridgehead atoms. The summed E-state index contributed by atoms with van der Waals surface area (Å²) >= 11 is 0. The number of aliphatic imine (C=N–C) groups is 2. The normalized spacial score (nSPS) is 14.7. The summed E-state index contributed by atoms with van der Waals surface area (Å²) in [6.45, 7) is 0. The summed E-state index contributed by atoms with van der Waals surface area (Å²) in [6.07, 6.45) is -0.483. The minimum Gasteiger partial charge on any atom is -0.456 e. The molecular formula is C47H29N3O2. The molecule has 0 spiro atoms. The minimum absolute atomic E-state index is 0.483. The highest BCUT2D eigenvalue weighted by Crippen LogP contribution is 2.42. The molecule has 244 valence electrons. The van der Waals surface area contributed by atoms with Crippen LogP contribution in [0.3, 0.4) is 0 Å². The maximum Gasteiger partial charge on any atom is 0.170 e. The number of furan rings is 2. The van der Waals surface area contributed by atoms with Crippen molar-refractivity contribution in [1.82, 2.24) is 5.32 Å². The van der Waals surface area contributed by atoms with Crippen molar-refractivity contribution in [2.45, 2.75) is 6.17 Å². The molecule has 0 aliphatic carbocycles. The van der Waals surface area contributed by atoms with Crippen LogP contribution >= 0.6 is 0 Å². The Bertz CT molecular complexity index is 3110. The van der Waals surface area contributed by atoms with E-state index in [2.05, 4.69) is 133 Å². The van der Waals surface area contributed by atoms with Gasteiger partial charge in [0.2, 0.25) is 0 Å². The van der Waals surface area contributed by atoms with E-state index >= 15 is 0 Å². The Hall–Kier alpha value is -6.98. The fraction of sp³-hybridized carbons (Fsp3) is 0.0213. The molecule has 0 fully saturated rings. The quantitative estimate of drug-likeness (QED) is 0.203. The fourth-order valence-corrected chi connectivity index (χ4v) is 7.80. The van der Waals surface area contributed by atoms with Crippen LogP contribution in [0.15, 0.2) is 183 Å². The van der Waals surface area contributed by atoms with Gasteiger partial charge in [-0.25, -0.2) is 9.98 Å². The monoisotopic (exact) mass is 667 g/mol. The Kier molecular flexibility index (Phi) is 6.25. The molecule has 1 aliphatic heterocycles. The van der Waals surface area contributed by atoms with E-state index in [9.17, 15) is 0 Å². The number of hydrogen-bond acceptors (Lipinski definition) is 5. The predicted molar refractivity (Wildman–Crippen MR) is 213 cm³/mol. The Morgan fingerprint density at radius 3 is 1.85 bits per heavy atom. The van der Waals surface area contributed by atoms with E-state index in [0.717, 1.165) is 94.1 Å². The first-order valence-corrected chi connectivity index (χ1v) is 17.5. The van der Waals surface area contributed by atoms with E-state index in [4.69, 9.17) is 18.8 Å². The van der Waals surface area contributed by atoms with Gasteiger partial charge in [-0.3, -0.25) is 0 Å². The molecule has 3 heterocycles. The lowest BCUT2D eigenvalue weighted by atomic mass is 9.96. The zero-order valence-electron chi connectivity index (χ0n) is 27.9. The first-order valence-electron chi connectivity index (χ1n) is 17.5. The summed E-state index contributed by atoms with van der Waals surface area (Å²) in [6, 6.07) is 56.9. The van der Waals surface area contributed by atoms with Gasteiger partial charge < -0.3 is 14.2 Å². The van der Waals surface area contributed by atoms with Crippen molar-refractivity contribution < 1.29 is 8.83 Å². The highest BCUT2D eigenvalue weighted by molar-refractivity contribution is 6.18. The van der Waals surface area contributed by atoms with E-state index in [1.165, 1.54) is 10.8 Å². The van der Waals surface area contributed by atoms with Gasteiger partial charge in [0.05, 0.1) is 0 Å². The molecule has 10 aromatic rings. The van der Waals surface area contributed by atoms with Gasteiger partial charge in [-0.15, -0.1) is 0 Å². The lowest BCUT2D eigenvalue weighted by Crippen LogP contribution is -2.36. The second-order valence-electron chi connectivity index (χ2n) is 13.4. The molecule has 5 nitrogen and oxygen atoms in total. The summed E-state index contributed by atoms with van der Waals surface area (Å²) in [5, 5.41) is 12.5. The predicted octanol–water partition coefficient (Wildman–Crippen LogP) is 12.0. The molecule has 1 unspecified atom stereocenters. The van der Waals surface area contributed by atoms with Crippen LogP contribution < -0.4 is 5.32 Å². The van der Waals surface area contributed by atoms with Gasteiger partial charge in [-0.05, 0) is 75.1 Å². The van der Waals surface area contributed by atoms with E-state index in [0.29, 0.717) is 0 Å². The first-order chi connectivity index (χ1) is 25.7. The van der Waals surface area contributed by atoms with Gasteiger partial charge in [0.15, 0.2) is 6.17 Å². The molecule has 0 radical (unpaired) electrons. The van der Waals surface area contributed by atoms with Crippen LogP contribution in [0.4, 0.5) is 0 Å². The van der Waals surface area contributed by atoms with Crippen LogP contribution in [-0.4, -0.2) is 11.7 Å². The smallest absolute Gasteiger partial charge is 0.170 e. The minimum atomic E-state index is -0.483. The number of fused-ring (bicyclic) bond motifs is 8. The second-order valence-corrected chi connectivity index (χ2v) is 13.4. The topological polar surface area (TPSA) is 63.0 Å². The molecular weight excluding hydrogens is 639 g/mol. The van der Waals surface area contributed by atoms with Crippen molar-refractivity contribution >= 4 is 77.1 Å². The molecule has 1 aliphatic rings. The molecule has 0 amide bonds. The number of rotatable bonds is 4. The summed E-state index contributed by atoms with van der Waals surface area (Å²) in [5.74, 6) is 1.56. The second kappa shape index (κ2) is 11.3. The summed E-state index contributed by atoms with van der Waals surface area (Å²) < 4.78 is 13.0. The number of nitrogens with one attached hydrogen (secondary N) is 1. The van der Waals surface area contributed by atoms with Crippen LogP contribution in [0.2, 0.25) is 0 Å². The average Bonchev–Trinajstić information content (AvgIpc) is 3.77. The number of benzene rings is 8. The molecule has 8 aromatic carbocycles. The molecule has 1 atom stereocenters. The molecule has 11 rings (SSSR count). The average molecular weight is 668 g/mol. The number of nitrogens with zero attached hydrogens (tertiary/aromatic N) is 2. The van der Waals surface area contributed by atoms with Crippen molar-refractivity contribution in [3.63, 3.8) is 0 Å². The lowest BCUT2D eigenvalue weighted by Gasteiger charge is -2.23. The van der Waals surface area contributed by atoms with Gasteiger partial charge in [0, 0.05) is 38.2 Å². The molecule has 1 N–H and O–H groups in total. The van der Waals surface area contributed by atoms with Crippen molar-refractivity contribution in [1.29, 1.82) is 0 Å². The van der Waals surface area contributed by atoms with Crippen molar-refractivity contribution in [3.05, 3.63) is 180 Å². The molecule has 2 aromatic heterocycles. The van der Waals surface area contributed by atoms with E-state index in [1.54, 1.807) is 0 Å². The van der Waals surface area contributed by atoms with Crippen LogP contribution in [0, 0.1) is 0 Å².